The third kappa shape index (κ3) is 6.18. The van der Waals surface area contributed by atoms with E-state index in [1.807, 2.05) is 109 Å². The number of ether oxygens (including phenoxy) is 1. The van der Waals surface area contributed by atoms with Gasteiger partial charge in [-0.2, -0.15) is 5.10 Å². The van der Waals surface area contributed by atoms with Crippen LogP contribution in [0.3, 0.4) is 0 Å². The van der Waals surface area contributed by atoms with Gasteiger partial charge in [0.2, 0.25) is 0 Å². The summed E-state index contributed by atoms with van der Waals surface area (Å²) < 4.78 is 9.54. The first kappa shape index (κ1) is 28.5. The van der Waals surface area contributed by atoms with Gasteiger partial charge >= 0.3 is 0 Å². The van der Waals surface area contributed by atoms with Gasteiger partial charge in [-0.15, -0.1) is 5.10 Å². The maximum absolute atomic E-state index is 13.2. The van der Waals surface area contributed by atoms with E-state index in [9.17, 15) is 9.90 Å². The van der Waals surface area contributed by atoms with Gasteiger partial charge in [0.1, 0.15) is 23.8 Å². The SMILES string of the molecule is O=C(C=Cc1cn(-c2ccccc2)nc1-c1ccc(OCc2cnnn2Cc2ccccc2)cc1O)c1ccc2ccccc2c1. The number of carbonyl (C=O) groups excluding carboxylic acids is 1. The van der Waals surface area contributed by atoms with Crippen LogP contribution in [0.1, 0.15) is 27.2 Å². The van der Waals surface area contributed by atoms with Crippen LogP contribution in [-0.2, 0) is 13.2 Å². The summed E-state index contributed by atoms with van der Waals surface area (Å²) >= 11 is 0. The highest BCUT2D eigenvalue weighted by Crippen LogP contribution is 2.35. The molecule has 0 bridgehead atoms. The van der Waals surface area contributed by atoms with Crippen LogP contribution in [0.2, 0.25) is 0 Å². The maximum atomic E-state index is 13.2. The summed E-state index contributed by atoms with van der Waals surface area (Å²) in [6.45, 7) is 0.805. The Balaban J connectivity index is 1.14. The Labute approximate surface area is 265 Å². The Morgan fingerprint density at radius 3 is 2.39 bits per heavy atom. The van der Waals surface area contributed by atoms with Crippen molar-refractivity contribution in [2.75, 3.05) is 0 Å². The number of aromatic hydroxyl groups is 1. The lowest BCUT2D eigenvalue weighted by molar-refractivity contribution is 0.104. The van der Waals surface area contributed by atoms with Gasteiger partial charge in [-0.25, -0.2) is 9.36 Å². The number of hydrogen-bond acceptors (Lipinski definition) is 6. The molecule has 0 fully saturated rings. The number of ketones is 1. The Morgan fingerprint density at radius 1 is 0.826 bits per heavy atom. The highest BCUT2D eigenvalue weighted by molar-refractivity contribution is 6.09. The van der Waals surface area contributed by atoms with Crippen LogP contribution in [0.25, 0.3) is 33.8 Å². The Morgan fingerprint density at radius 2 is 1.59 bits per heavy atom. The summed E-state index contributed by atoms with van der Waals surface area (Å²) in [7, 11) is 0. The van der Waals surface area contributed by atoms with Gasteiger partial charge in [0, 0.05) is 29.0 Å². The van der Waals surface area contributed by atoms with Crippen LogP contribution in [0.5, 0.6) is 11.5 Å². The standard InChI is InChI=1S/C38H29N5O3/c44-36(30-16-15-28-11-7-8-12-29(28)21-30)20-17-31-25-42(32-13-5-2-6-14-32)40-38(31)35-19-18-34(22-37(35)45)46-26-33-23-39-41-43(33)24-27-9-3-1-4-10-27/h1-23,25,45H,24,26H2. The highest BCUT2D eigenvalue weighted by atomic mass is 16.5. The van der Waals surface area contributed by atoms with Gasteiger partial charge in [-0.1, -0.05) is 90.1 Å². The fourth-order valence-corrected chi connectivity index (χ4v) is 5.27. The average molecular weight is 604 g/mol. The number of allylic oxidation sites excluding steroid dienone is 1. The molecule has 0 radical (unpaired) electrons. The smallest absolute Gasteiger partial charge is 0.185 e. The van der Waals surface area contributed by atoms with E-state index in [0.717, 1.165) is 27.7 Å². The Kier molecular flexibility index (Phi) is 7.90. The Hall–Kier alpha value is -6.28. The number of rotatable bonds is 10. The van der Waals surface area contributed by atoms with Gasteiger partial charge < -0.3 is 9.84 Å². The number of phenolic OH excluding ortho intramolecular Hbond substituents is 1. The molecular formula is C38H29N5O3. The molecule has 0 aliphatic rings. The summed E-state index contributed by atoms with van der Waals surface area (Å²) in [6.07, 6.45) is 6.80. The normalized spacial score (nSPS) is 11.3. The zero-order valence-corrected chi connectivity index (χ0v) is 24.8. The number of nitrogens with zero attached hydrogens (tertiary/aromatic N) is 5. The van der Waals surface area contributed by atoms with Crippen LogP contribution in [-0.4, -0.2) is 35.7 Å². The molecule has 7 aromatic rings. The van der Waals surface area contributed by atoms with Crippen molar-refractivity contribution < 1.29 is 14.6 Å². The van der Waals surface area contributed by atoms with E-state index in [1.165, 1.54) is 0 Å². The molecular weight excluding hydrogens is 574 g/mol. The van der Waals surface area contributed by atoms with Crippen LogP contribution in [0, 0.1) is 0 Å². The second-order valence-electron chi connectivity index (χ2n) is 10.8. The molecule has 0 unspecified atom stereocenters. The molecule has 0 spiro atoms. The van der Waals surface area contributed by atoms with Crippen molar-refractivity contribution in [1.29, 1.82) is 0 Å². The molecule has 0 amide bonds. The molecule has 2 aromatic heterocycles. The first-order valence-corrected chi connectivity index (χ1v) is 14.8. The van der Waals surface area contributed by atoms with E-state index in [2.05, 4.69) is 10.3 Å². The minimum absolute atomic E-state index is 0.00207. The van der Waals surface area contributed by atoms with Crippen molar-refractivity contribution >= 4 is 22.6 Å². The summed E-state index contributed by atoms with van der Waals surface area (Å²) in [4.78, 5) is 13.2. The summed E-state index contributed by atoms with van der Waals surface area (Å²) in [5.74, 6) is 0.361. The largest absolute Gasteiger partial charge is 0.507 e. The molecule has 46 heavy (non-hydrogen) atoms. The quantitative estimate of drug-likeness (QED) is 0.128. The van der Waals surface area contributed by atoms with Crippen molar-refractivity contribution in [1.82, 2.24) is 24.8 Å². The monoisotopic (exact) mass is 603 g/mol. The van der Waals surface area contributed by atoms with Crippen molar-refractivity contribution in [2.45, 2.75) is 13.2 Å². The average Bonchev–Trinajstić information content (AvgIpc) is 3.73. The second kappa shape index (κ2) is 12.8. The third-order valence-corrected chi connectivity index (χ3v) is 7.70. The molecule has 0 saturated carbocycles. The highest BCUT2D eigenvalue weighted by Gasteiger charge is 2.16. The first-order chi connectivity index (χ1) is 22.6. The number of benzene rings is 5. The van der Waals surface area contributed by atoms with Gasteiger partial charge in [0.15, 0.2) is 5.78 Å². The van der Waals surface area contributed by atoms with Gasteiger partial charge in [0.05, 0.1) is 24.1 Å². The minimum atomic E-state index is -0.127. The predicted molar refractivity (Wildman–Crippen MR) is 178 cm³/mol. The number of fused-ring (bicyclic) bond motifs is 1. The van der Waals surface area contributed by atoms with Crippen molar-refractivity contribution in [3.8, 4) is 28.4 Å². The van der Waals surface area contributed by atoms with E-state index in [1.54, 1.807) is 45.9 Å². The van der Waals surface area contributed by atoms with Crippen molar-refractivity contribution in [2.24, 2.45) is 0 Å². The molecule has 8 heteroatoms. The zero-order chi connectivity index (χ0) is 31.3. The number of aromatic nitrogens is 5. The van der Waals surface area contributed by atoms with E-state index < -0.39 is 0 Å². The summed E-state index contributed by atoms with van der Waals surface area (Å²) in [5.41, 5.74) is 5.07. The van der Waals surface area contributed by atoms with Gasteiger partial charge in [-0.05, 0) is 58.8 Å². The molecule has 1 N–H and O–H groups in total. The number of carbonyl (C=O) groups is 1. The molecule has 224 valence electrons. The topological polar surface area (TPSA) is 95.1 Å². The summed E-state index contributed by atoms with van der Waals surface area (Å²) in [6, 6.07) is 38.4. The Bertz CT molecular complexity index is 2170. The number of phenols is 1. The fourth-order valence-electron chi connectivity index (χ4n) is 5.27. The molecule has 0 aliphatic carbocycles. The molecule has 0 atom stereocenters. The van der Waals surface area contributed by atoms with Crippen LogP contribution in [0.15, 0.2) is 140 Å². The van der Waals surface area contributed by atoms with Crippen LogP contribution >= 0.6 is 0 Å². The van der Waals surface area contributed by atoms with Gasteiger partial charge in [-0.3, -0.25) is 4.79 Å². The predicted octanol–water partition coefficient (Wildman–Crippen LogP) is 7.51. The minimum Gasteiger partial charge on any atom is -0.507 e. The molecule has 8 nitrogen and oxygen atoms in total. The maximum Gasteiger partial charge on any atom is 0.185 e. The molecule has 2 heterocycles. The van der Waals surface area contributed by atoms with Gasteiger partial charge in [0.25, 0.3) is 0 Å². The second-order valence-corrected chi connectivity index (χ2v) is 10.8. The first-order valence-electron chi connectivity index (χ1n) is 14.8. The van der Waals surface area contributed by atoms with Crippen LogP contribution < -0.4 is 4.74 Å². The van der Waals surface area contributed by atoms with E-state index >= 15 is 0 Å². The molecule has 7 rings (SSSR count). The van der Waals surface area contributed by atoms with Crippen LogP contribution in [0.4, 0.5) is 0 Å². The summed E-state index contributed by atoms with van der Waals surface area (Å²) in [5, 5.41) is 26.3. The molecule has 5 aromatic carbocycles. The lowest BCUT2D eigenvalue weighted by atomic mass is 10.0. The van der Waals surface area contributed by atoms with E-state index in [0.29, 0.717) is 34.7 Å². The molecule has 0 aliphatic heterocycles. The van der Waals surface area contributed by atoms with Crippen molar-refractivity contribution in [3.63, 3.8) is 0 Å². The number of para-hydroxylation sites is 1. The lowest BCUT2D eigenvalue weighted by Gasteiger charge is -2.10. The third-order valence-electron chi connectivity index (χ3n) is 7.70. The number of hydrogen-bond donors (Lipinski definition) is 1. The van der Waals surface area contributed by atoms with E-state index in [-0.39, 0.29) is 18.1 Å². The molecule has 0 saturated heterocycles. The lowest BCUT2D eigenvalue weighted by Crippen LogP contribution is -2.09. The fraction of sp³-hybridized carbons (Fsp3) is 0.0526. The van der Waals surface area contributed by atoms with E-state index in [4.69, 9.17) is 9.84 Å². The zero-order valence-electron chi connectivity index (χ0n) is 24.8. The van der Waals surface area contributed by atoms with Crippen molar-refractivity contribution in [3.05, 3.63) is 162 Å².